The zero-order chi connectivity index (χ0) is 14.8. The van der Waals surface area contributed by atoms with Gasteiger partial charge in [0, 0.05) is 6.54 Å². The fraction of sp³-hybridized carbons (Fsp3) is 0.562. The molecule has 0 saturated carbocycles. The summed E-state index contributed by atoms with van der Waals surface area (Å²) in [5, 5.41) is 6.23. The Morgan fingerprint density at radius 3 is 2.85 bits per heavy atom. The van der Waals surface area contributed by atoms with Crippen LogP contribution in [-0.2, 0) is 4.79 Å². The van der Waals surface area contributed by atoms with E-state index in [9.17, 15) is 4.79 Å². The van der Waals surface area contributed by atoms with E-state index >= 15 is 0 Å². The molecule has 0 radical (unpaired) electrons. The van der Waals surface area contributed by atoms with Gasteiger partial charge >= 0.3 is 0 Å². The summed E-state index contributed by atoms with van der Waals surface area (Å²) in [5.41, 5.74) is 1.02. The van der Waals surface area contributed by atoms with Crippen LogP contribution in [-0.4, -0.2) is 25.1 Å². The van der Waals surface area contributed by atoms with Crippen molar-refractivity contribution in [1.29, 1.82) is 0 Å². The largest absolute Gasteiger partial charge is 0.477 e. The molecule has 0 bridgehead atoms. The van der Waals surface area contributed by atoms with Crippen LogP contribution >= 0.6 is 0 Å². The standard InChI is InChI=1S/C16H24N2O2/c1-11(2)16(3,4)10-18-15(19)14-9-17-12-7-5-6-8-13(12)20-14/h5-8,11,14,17H,9-10H2,1-4H3,(H,18,19). The van der Waals surface area contributed by atoms with E-state index < -0.39 is 6.10 Å². The third kappa shape index (κ3) is 3.24. The highest BCUT2D eigenvalue weighted by Gasteiger charge is 2.28. The highest BCUT2D eigenvalue weighted by Crippen LogP contribution is 2.28. The number of rotatable bonds is 4. The van der Waals surface area contributed by atoms with Crippen molar-refractivity contribution in [2.45, 2.75) is 33.8 Å². The number of anilines is 1. The number of benzene rings is 1. The number of carbonyl (C=O) groups excluding carboxylic acids is 1. The lowest BCUT2D eigenvalue weighted by molar-refractivity contribution is -0.128. The Balaban J connectivity index is 1.92. The van der Waals surface area contributed by atoms with E-state index in [0.717, 1.165) is 11.4 Å². The molecule has 4 heteroatoms. The van der Waals surface area contributed by atoms with E-state index in [0.29, 0.717) is 19.0 Å². The number of ether oxygens (including phenoxy) is 1. The van der Waals surface area contributed by atoms with Crippen LogP contribution in [0.1, 0.15) is 27.7 Å². The number of amides is 1. The second-order valence-electron chi connectivity index (χ2n) is 6.34. The van der Waals surface area contributed by atoms with Crippen molar-refractivity contribution in [3.05, 3.63) is 24.3 Å². The first kappa shape index (κ1) is 14.7. The van der Waals surface area contributed by atoms with E-state index in [-0.39, 0.29) is 11.3 Å². The molecule has 0 fully saturated rings. The zero-order valence-corrected chi connectivity index (χ0v) is 12.7. The molecule has 1 aromatic carbocycles. The molecule has 0 aliphatic carbocycles. The van der Waals surface area contributed by atoms with Gasteiger partial charge in [0.05, 0.1) is 12.2 Å². The SMILES string of the molecule is CC(C)C(C)(C)CNC(=O)C1CNc2ccccc2O1. The molecule has 1 aliphatic heterocycles. The normalized spacial score (nSPS) is 17.9. The lowest BCUT2D eigenvalue weighted by atomic mass is 9.81. The van der Waals surface area contributed by atoms with Crippen LogP contribution in [0.3, 0.4) is 0 Å². The molecule has 0 aromatic heterocycles. The maximum atomic E-state index is 12.2. The Labute approximate surface area is 120 Å². The van der Waals surface area contributed by atoms with Crippen molar-refractivity contribution < 1.29 is 9.53 Å². The van der Waals surface area contributed by atoms with Gasteiger partial charge in [0.25, 0.3) is 5.91 Å². The Hall–Kier alpha value is -1.71. The summed E-state index contributed by atoms with van der Waals surface area (Å²) in [6, 6.07) is 7.68. The number of hydrogen-bond donors (Lipinski definition) is 2. The second-order valence-corrected chi connectivity index (χ2v) is 6.34. The van der Waals surface area contributed by atoms with Crippen LogP contribution in [0.5, 0.6) is 5.75 Å². The van der Waals surface area contributed by atoms with E-state index in [1.807, 2.05) is 24.3 Å². The molecule has 0 spiro atoms. The number of fused-ring (bicyclic) bond motifs is 1. The van der Waals surface area contributed by atoms with Crippen LogP contribution in [0.25, 0.3) is 0 Å². The smallest absolute Gasteiger partial charge is 0.262 e. The summed E-state index contributed by atoms with van der Waals surface area (Å²) < 4.78 is 5.74. The average Bonchev–Trinajstić information content (AvgIpc) is 2.44. The summed E-state index contributed by atoms with van der Waals surface area (Å²) in [6.07, 6.45) is -0.465. The van der Waals surface area contributed by atoms with E-state index in [2.05, 4.69) is 38.3 Å². The Kier molecular flexibility index (Phi) is 4.21. The first-order chi connectivity index (χ1) is 9.40. The first-order valence-electron chi connectivity index (χ1n) is 7.17. The minimum atomic E-state index is -0.465. The molecule has 0 saturated heterocycles. The van der Waals surface area contributed by atoms with Gasteiger partial charge in [-0.2, -0.15) is 0 Å². The van der Waals surface area contributed by atoms with Crippen molar-refractivity contribution >= 4 is 11.6 Å². The van der Waals surface area contributed by atoms with Gasteiger partial charge in [-0.1, -0.05) is 39.8 Å². The Morgan fingerprint density at radius 1 is 1.45 bits per heavy atom. The quantitative estimate of drug-likeness (QED) is 0.889. The maximum absolute atomic E-state index is 12.2. The van der Waals surface area contributed by atoms with Crippen LogP contribution in [0.4, 0.5) is 5.69 Å². The number of nitrogens with one attached hydrogen (secondary N) is 2. The van der Waals surface area contributed by atoms with E-state index in [4.69, 9.17) is 4.74 Å². The van der Waals surface area contributed by atoms with E-state index in [1.54, 1.807) is 0 Å². The number of para-hydroxylation sites is 2. The van der Waals surface area contributed by atoms with Crippen LogP contribution in [0.15, 0.2) is 24.3 Å². The second kappa shape index (κ2) is 5.73. The summed E-state index contributed by atoms with van der Waals surface area (Å²) in [6.45, 7) is 9.82. The van der Waals surface area contributed by atoms with E-state index in [1.165, 1.54) is 0 Å². The van der Waals surface area contributed by atoms with Gasteiger partial charge in [0.2, 0.25) is 0 Å². The Morgan fingerprint density at radius 2 is 2.15 bits per heavy atom. The average molecular weight is 276 g/mol. The van der Waals surface area contributed by atoms with Gasteiger partial charge in [0.1, 0.15) is 5.75 Å². The molecule has 1 atom stereocenters. The molecule has 1 amide bonds. The monoisotopic (exact) mass is 276 g/mol. The zero-order valence-electron chi connectivity index (χ0n) is 12.7. The van der Waals surface area contributed by atoms with Gasteiger partial charge in [-0.3, -0.25) is 4.79 Å². The van der Waals surface area contributed by atoms with Crippen molar-refractivity contribution in [3.63, 3.8) is 0 Å². The third-order valence-corrected chi connectivity index (χ3v) is 4.21. The molecule has 1 heterocycles. The minimum absolute atomic E-state index is 0.0549. The topological polar surface area (TPSA) is 50.4 Å². The summed E-state index contributed by atoms with van der Waals surface area (Å²) in [4.78, 5) is 12.2. The summed E-state index contributed by atoms with van der Waals surface area (Å²) in [5.74, 6) is 1.19. The van der Waals surface area contributed by atoms with Gasteiger partial charge in [0.15, 0.2) is 6.10 Å². The minimum Gasteiger partial charge on any atom is -0.477 e. The number of carbonyl (C=O) groups is 1. The maximum Gasteiger partial charge on any atom is 0.262 e. The highest BCUT2D eigenvalue weighted by molar-refractivity contribution is 5.83. The van der Waals surface area contributed by atoms with Gasteiger partial charge < -0.3 is 15.4 Å². The predicted molar refractivity (Wildman–Crippen MR) is 81.0 cm³/mol. The van der Waals surface area contributed by atoms with Crippen LogP contribution < -0.4 is 15.4 Å². The summed E-state index contributed by atoms with van der Waals surface area (Å²) >= 11 is 0. The van der Waals surface area contributed by atoms with Crippen molar-refractivity contribution in [1.82, 2.24) is 5.32 Å². The molecular formula is C16H24N2O2. The molecule has 4 nitrogen and oxygen atoms in total. The highest BCUT2D eigenvalue weighted by atomic mass is 16.5. The van der Waals surface area contributed by atoms with Crippen molar-refractivity contribution in [3.8, 4) is 5.75 Å². The third-order valence-electron chi connectivity index (χ3n) is 4.21. The molecule has 1 aromatic rings. The Bertz CT molecular complexity index is 483. The summed E-state index contributed by atoms with van der Waals surface area (Å²) in [7, 11) is 0. The molecule has 20 heavy (non-hydrogen) atoms. The number of hydrogen-bond acceptors (Lipinski definition) is 3. The van der Waals surface area contributed by atoms with Crippen molar-refractivity contribution in [2.24, 2.45) is 11.3 Å². The van der Waals surface area contributed by atoms with Crippen LogP contribution in [0.2, 0.25) is 0 Å². The van der Waals surface area contributed by atoms with Gasteiger partial charge in [-0.15, -0.1) is 0 Å². The molecule has 110 valence electrons. The lowest BCUT2D eigenvalue weighted by Crippen LogP contribution is -2.47. The molecule has 2 rings (SSSR count). The lowest BCUT2D eigenvalue weighted by Gasteiger charge is -2.31. The predicted octanol–water partition coefficient (Wildman–Crippen LogP) is 2.66. The van der Waals surface area contributed by atoms with Gasteiger partial charge in [-0.25, -0.2) is 0 Å². The first-order valence-corrected chi connectivity index (χ1v) is 7.17. The molecule has 2 N–H and O–H groups in total. The fourth-order valence-corrected chi connectivity index (χ4v) is 1.89. The fourth-order valence-electron chi connectivity index (χ4n) is 1.89. The molecule has 1 unspecified atom stereocenters. The van der Waals surface area contributed by atoms with Crippen LogP contribution in [0, 0.1) is 11.3 Å². The molecular weight excluding hydrogens is 252 g/mol. The van der Waals surface area contributed by atoms with Crippen molar-refractivity contribution in [2.75, 3.05) is 18.4 Å². The van der Waals surface area contributed by atoms with Gasteiger partial charge in [-0.05, 0) is 23.5 Å². The molecule has 1 aliphatic rings.